The lowest BCUT2D eigenvalue weighted by molar-refractivity contribution is 0.0946. The summed E-state index contributed by atoms with van der Waals surface area (Å²) in [4.78, 5) is 24.4. The second kappa shape index (κ2) is 5.94. The molecule has 3 N–H and O–H groups in total. The van der Waals surface area contributed by atoms with Crippen molar-refractivity contribution in [3.05, 3.63) is 52.3 Å². The first-order chi connectivity index (χ1) is 13.1. The third-order valence-electron chi connectivity index (χ3n) is 5.57. The predicted molar refractivity (Wildman–Crippen MR) is 102 cm³/mol. The van der Waals surface area contributed by atoms with Crippen LogP contribution in [0, 0.1) is 6.92 Å². The lowest BCUT2D eigenvalue weighted by Crippen LogP contribution is -2.31. The van der Waals surface area contributed by atoms with Gasteiger partial charge < -0.3 is 15.4 Å². The highest BCUT2D eigenvalue weighted by molar-refractivity contribution is 5.97. The Morgan fingerprint density at radius 2 is 1.96 bits per heavy atom. The molecule has 0 radical (unpaired) electrons. The topological polar surface area (TPSA) is 90.9 Å². The number of amides is 1. The molecule has 2 aliphatic rings. The van der Waals surface area contributed by atoms with E-state index in [1.54, 1.807) is 6.20 Å². The fourth-order valence-electron chi connectivity index (χ4n) is 4.22. The van der Waals surface area contributed by atoms with Gasteiger partial charge in [-0.2, -0.15) is 0 Å². The lowest BCUT2D eigenvalue weighted by Gasteiger charge is -2.12. The van der Waals surface area contributed by atoms with E-state index in [1.807, 2.05) is 18.2 Å². The molecule has 0 bridgehead atoms. The molecule has 6 nitrogen and oxygen atoms in total. The van der Waals surface area contributed by atoms with Crippen LogP contribution in [0.2, 0.25) is 0 Å². The molecule has 0 saturated heterocycles. The first kappa shape index (κ1) is 16.1. The number of nitrogens with zero attached hydrogens (tertiary/aromatic N) is 2. The third-order valence-corrected chi connectivity index (χ3v) is 5.57. The Labute approximate surface area is 156 Å². The number of hydrogen-bond acceptors (Lipinski definition) is 4. The molecule has 2 aromatic heterocycles. The predicted octanol–water partition coefficient (Wildman–Crippen LogP) is 2.93. The molecule has 3 heterocycles. The summed E-state index contributed by atoms with van der Waals surface area (Å²) in [6.07, 6.45) is 5.47. The first-order valence-corrected chi connectivity index (χ1v) is 9.30. The van der Waals surface area contributed by atoms with Crippen LogP contribution < -0.4 is 5.32 Å². The number of hydrogen-bond donors (Lipinski definition) is 3. The number of aryl methyl sites for hydroxylation is 1. The molecular weight excluding hydrogens is 340 g/mol. The van der Waals surface area contributed by atoms with Gasteiger partial charge in [0.05, 0.1) is 22.5 Å². The van der Waals surface area contributed by atoms with Gasteiger partial charge in [0.15, 0.2) is 5.82 Å². The smallest absolute Gasteiger partial charge is 0.253 e. The zero-order valence-corrected chi connectivity index (χ0v) is 15.1. The average molecular weight is 360 g/mol. The zero-order valence-electron chi connectivity index (χ0n) is 15.1. The Kier molecular flexibility index (Phi) is 3.53. The van der Waals surface area contributed by atoms with Crippen LogP contribution in [0.5, 0.6) is 5.75 Å². The van der Waals surface area contributed by atoms with Gasteiger partial charge in [-0.1, -0.05) is 0 Å². The van der Waals surface area contributed by atoms with E-state index in [4.69, 9.17) is 0 Å². The molecular formula is C21H20N4O2. The van der Waals surface area contributed by atoms with Gasteiger partial charge in [0.2, 0.25) is 0 Å². The second-order valence-electron chi connectivity index (χ2n) is 7.25. The molecule has 0 fully saturated rings. The van der Waals surface area contributed by atoms with Crippen molar-refractivity contribution >= 4 is 5.91 Å². The van der Waals surface area contributed by atoms with Crippen molar-refractivity contribution in [3.63, 3.8) is 0 Å². The van der Waals surface area contributed by atoms with Gasteiger partial charge >= 0.3 is 0 Å². The van der Waals surface area contributed by atoms with Crippen molar-refractivity contribution in [1.82, 2.24) is 20.3 Å². The Morgan fingerprint density at radius 1 is 1.11 bits per heavy atom. The molecule has 6 heteroatoms. The minimum Gasteiger partial charge on any atom is -0.507 e. The highest BCUT2D eigenvalue weighted by Crippen LogP contribution is 2.39. The van der Waals surface area contributed by atoms with Gasteiger partial charge in [-0.3, -0.25) is 4.79 Å². The van der Waals surface area contributed by atoms with Gasteiger partial charge in [0, 0.05) is 24.9 Å². The summed E-state index contributed by atoms with van der Waals surface area (Å²) in [6.45, 7) is 2.72. The van der Waals surface area contributed by atoms with E-state index in [9.17, 15) is 9.90 Å². The number of benzene rings is 1. The van der Waals surface area contributed by atoms with Crippen LogP contribution in [-0.2, 0) is 19.3 Å². The summed E-state index contributed by atoms with van der Waals surface area (Å²) in [5.41, 5.74) is 7.25. The van der Waals surface area contributed by atoms with Gasteiger partial charge in [0.25, 0.3) is 5.91 Å². The van der Waals surface area contributed by atoms with Crippen molar-refractivity contribution < 1.29 is 9.90 Å². The van der Waals surface area contributed by atoms with Crippen molar-refractivity contribution in [1.29, 1.82) is 0 Å². The lowest BCUT2D eigenvalue weighted by atomic mass is 9.98. The number of H-pyrrole nitrogens is 1. The van der Waals surface area contributed by atoms with E-state index >= 15 is 0 Å². The SMILES string of the molecule is Cc1cc(-c2nccc(-c3cc4c([nH]3)CCNC4=O)n2)c(O)c2c1CCC2. The molecule has 3 aromatic rings. The number of aromatic amines is 1. The molecule has 1 aromatic carbocycles. The maximum atomic E-state index is 12.0. The van der Waals surface area contributed by atoms with Gasteiger partial charge in [-0.15, -0.1) is 0 Å². The number of phenols is 1. The Bertz CT molecular complexity index is 1080. The third kappa shape index (κ3) is 2.51. The van der Waals surface area contributed by atoms with Crippen LogP contribution in [0.15, 0.2) is 24.4 Å². The molecule has 0 atom stereocenters. The molecule has 5 rings (SSSR count). The number of aromatic nitrogens is 3. The molecule has 0 saturated carbocycles. The number of rotatable bonds is 2. The quantitative estimate of drug-likeness (QED) is 0.655. The molecule has 1 aliphatic heterocycles. The van der Waals surface area contributed by atoms with Crippen LogP contribution in [0.25, 0.3) is 22.8 Å². The van der Waals surface area contributed by atoms with E-state index in [2.05, 4.69) is 27.2 Å². The van der Waals surface area contributed by atoms with Crippen LogP contribution >= 0.6 is 0 Å². The largest absolute Gasteiger partial charge is 0.507 e. The summed E-state index contributed by atoms with van der Waals surface area (Å²) in [7, 11) is 0. The second-order valence-corrected chi connectivity index (χ2v) is 7.25. The van der Waals surface area contributed by atoms with Gasteiger partial charge in [0.1, 0.15) is 5.75 Å². The minimum atomic E-state index is -0.0556. The summed E-state index contributed by atoms with van der Waals surface area (Å²) >= 11 is 0. The maximum absolute atomic E-state index is 12.0. The normalized spacial score (nSPS) is 15.4. The Hall–Kier alpha value is -3.15. The van der Waals surface area contributed by atoms with Crippen LogP contribution in [0.4, 0.5) is 0 Å². The molecule has 1 amide bonds. The van der Waals surface area contributed by atoms with Crippen molar-refractivity contribution in [2.75, 3.05) is 6.54 Å². The summed E-state index contributed by atoms with van der Waals surface area (Å²) in [6, 6.07) is 5.63. The van der Waals surface area contributed by atoms with E-state index in [0.717, 1.165) is 42.6 Å². The number of nitrogens with one attached hydrogen (secondary N) is 2. The van der Waals surface area contributed by atoms with Crippen molar-refractivity contribution in [3.8, 4) is 28.5 Å². The molecule has 136 valence electrons. The Balaban J connectivity index is 1.60. The van der Waals surface area contributed by atoms with Gasteiger partial charge in [-0.25, -0.2) is 9.97 Å². The van der Waals surface area contributed by atoms with E-state index < -0.39 is 0 Å². The fraction of sp³-hybridized carbons (Fsp3) is 0.286. The Morgan fingerprint density at radius 3 is 2.81 bits per heavy atom. The van der Waals surface area contributed by atoms with Gasteiger partial charge in [-0.05, 0) is 61.1 Å². The molecule has 1 aliphatic carbocycles. The van der Waals surface area contributed by atoms with E-state index in [0.29, 0.717) is 34.9 Å². The standard InChI is InChI=1S/C21H20N4O2/c1-11-9-15(19(26)13-4-2-3-12(11)13)20-22-7-6-17(25-20)18-10-14-16(24-18)5-8-23-21(14)27/h6-7,9-10,24,26H,2-5,8H2,1H3,(H,23,27). The highest BCUT2D eigenvalue weighted by atomic mass is 16.3. The van der Waals surface area contributed by atoms with E-state index in [1.165, 1.54) is 11.1 Å². The first-order valence-electron chi connectivity index (χ1n) is 9.30. The molecule has 0 unspecified atom stereocenters. The number of fused-ring (bicyclic) bond motifs is 2. The van der Waals surface area contributed by atoms with Crippen LogP contribution in [0.1, 0.15) is 39.2 Å². The van der Waals surface area contributed by atoms with E-state index in [-0.39, 0.29) is 5.91 Å². The number of phenolic OH excluding ortho intramolecular Hbond substituents is 1. The molecule has 0 spiro atoms. The number of carbonyl (C=O) groups is 1. The average Bonchev–Trinajstić information content (AvgIpc) is 3.33. The van der Waals surface area contributed by atoms with Crippen LogP contribution in [0.3, 0.4) is 0 Å². The number of carbonyl (C=O) groups excluding carboxylic acids is 1. The monoisotopic (exact) mass is 360 g/mol. The summed E-state index contributed by atoms with van der Waals surface area (Å²) in [5, 5.41) is 13.6. The maximum Gasteiger partial charge on any atom is 0.253 e. The molecule has 27 heavy (non-hydrogen) atoms. The summed E-state index contributed by atoms with van der Waals surface area (Å²) < 4.78 is 0. The minimum absolute atomic E-state index is 0.0556. The zero-order chi connectivity index (χ0) is 18.5. The fourth-order valence-corrected chi connectivity index (χ4v) is 4.22. The van der Waals surface area contributed by atoms with Crippen molar-refractivity contribution in [2.24, 2.45) is 0 Å². The summed E-state index contributed by atoms with van der Waals surface area (Å²) in [5.74, 6) is 0.746. The van der Waals surface area contributed by atoms with Crippen molar-refractivity contribution in [2.45, 2.75) is 32.6 Å². The highest BCUT2D eigenvalue weighted by Gasteiger charge is 2.23. The van der Waals surface area contributed by atoms with Crippen LogP contribution in [-0.4, -0.2) is 32.5 Å². The number of aromatic hydroxyl groups is 1.